The predicted molar refractivity (Wildman–Crippen MR) is 47.9 cm³/mol. The number of nitrogens with two attached hydrogens (primary N) is 1. The molecule has 1 heterocycles. The van der Waals surface area contributed by atoms with Crippen molar-refractivity contribution in [1.82, 2.24) is 7.96 Å². The second-order valence-corrected chi connectivity index (χ2v) is 5.07. The van der Waals surface area contributed by atoms with Crippen molar-refractivity contribution >= 4 is 36.0 Å². The van der Waals surface area contributed by atoms with Crippen LogP contribution in [0, 0.1) is 0 Å². The average Bonchev–Trinajstić information content (AvgIpc) is 2.48. The van der Waals surface area contributed by atoms with Crippen LogP contribution in [0.3, 0.4) is 0 Å². The van der Waals surface area contributed by atoms with Crippen molar-refractivity contribution in [2.24, 2.45) is 5.14 Å². The Morgan fingerprint density at radius 1 is 1.31 bits per heavy atom. The van der Waals surface area contributed by atoms with Crippen molar-refractivity contribution in [3.8, 4) is 0 Å². The Bertz CT molecular complexity index is 548. The van der Waals surface area contributed by atoms with Crippen molar-refractivity contribution in [3.63, 3.8) is 0 Å². The first-order valence-electron chi connectivity index (χ1n) is 3.33. The quantitative estimate of drug-likeness (QED) is 0.691. The Morgan fingerprint density at radius 2 is 2.08 bits per heavy atom. The van der Waals surface area contributed by atoms with Gasteiger partial charge in [0.15, 0.2) is 0 Å². The third-order valence-electron chi connectivity index (χ3n) is 1.56. The summed E-state index contributed by atoms with van der Waals surface area (Å²) in [5, 5.41) is 5.01. The topological polar surface area (TPSA) is 85.9 Å². The molecule has 0 aliphatic rings. The van der Waals surface area contributed by atoms with Crippen LogP contribution in [-0.2, 0) is 10.0 Å². The number of benzene rings is 1. The molecule has 0 amide bonds. The predicted octanol–water partition coefficient (Wildman–Crippen LogP) is -0.666. The van der Waals surface area contributed by atoms with Gasteiger partial charge in [0.25, 0.3) is 0 Å². The Labute approximate surface area is 80.9 Å². The molecule has 0 bridgehead atoms. The number of hydrogen-bond donors (Lipinski definition) is 1. The van der Waals surface area contributed by atoms with Crippen molar-refractivity contribution < 1.29 is 8.42 Å². The van der Waals surface area contributed by atoms with Crippen LogP contribution in [0.2, 0.25) is 0 Å². The van der Waals surface area contributed by atoms with E-state index >= 15 is 0 Å². The molecular formula is C6H5N3O2SSe. The molecule has 7 heteroatoms. The second kappa shape index (κ2) is 2.88. The Morgan fingerprint density at radius 3 is 2.77 bits per heavy atom. The molecule has 1 aromatic carbocycles. The average molecular weight is 262 g/mol. The number of hydrogen-bond acceptors (Lipinski definition) is 4. The fraction of sp³-hybridized carbons (Fsp3) is 0. The van der Waals surface area contributed by atoms with Crippen LogP contribution in [0.25, 0.3) is 11.0 Å². The maximum absolute atomic E-state index is 11.1. The van der Waals surface area contributed by atoms with Crippen LogP contribution >= 0.6 is 0 Å². The molecule has 1 aromatic heterocycles. The van der Waals surface area contributed by atoms with Crippen molar-refractivity contribution in [2.75, 3.05) is 0 Å². The third kappa shape index (κ3) is 1.51. The van der Waals surface area contributed by atoms with Gasteiger partial charge in [0, 0.05) is 0 Å². The first kappa shape index (κ1) is 8.83. The first-order chi connectivity index (χ1) is 6.09. The minimum absolute atomic E-state index is 0.0631. The normalized spacial score (nSPS) is 12.1. The molecular weight excluding hydrogens is 257 g/mol. The monoisotopic (exact) mass is 263 g/mol. The van der Waals surface area contributed by atoms with E-state index in [1.54, 1.807) is 12.1 Å². The van der Waals surface area contributed by atoms with E-state index < -0.39 is 10.0 Å². The van der Waals surface area contributed by atoms with Crippen molar-refractivity contribution in [3.05, 3.63) is 18.2 Å². The van der Waals surface area contributed by atoms with E-state index in [-0.39, 0.29) is 19.9 Å². The summed E-state index contributed by atoms with van der Waals surface area (Å²) >= 11 is -0.233. The van der Waals surface area contributed by atoms with Gasteiger partial charge < -0.3 is 0 Å². The summed E-state index contributed by atoms with van der Waals surface area (Å²) in [5.74, 6) is 0. The number of aromatic nitrogens is 2. The minimum atomic E-state index is -3.67. The summed E-state index contributed by atoms with van der Waals surface area (Å²) in [7, 11) is -3.67. The van der Waals surface area contributed by atoms with E-state index in [1.807, 2.05) is 0 Å². The maximum atomic E-state index is 11.1. The van der Waals surface area contributed by atoms with Crippen molar-refractivity contribution in [1.29, 1.82) is 0 Å². The molecule has 0 unspecified atom stereocenters. The zero-order chi connectivity index (χ0) is 9.47. The van der Waals surface area contributed by atoms with E-state index in [1.165, 1.54) is 6.07 Å². The summed E-state index contributed by atoms with van der Waals surface area (Å²) < 4.78 is 30.2. The van der Waals surface area contributed by atoms with E-state index in [4.69, 9.17) is 5.14 Å². The Kier molecular flexibility index (Phi) is 1.96. The molecule has 0 aliphatic heterocycles. The summed E-state index contributed by atoms with van der Waals surface area (Å²) in [5.41, 5.74) is 1.02. The van der Waals surface area contributed by atoms with Gasteiger partial charge in [-0.25, -0.2) is 0 Å². The Balaban J connectivity index is 2.91. The van der Waals surface area contributed by atoms with E-state index in [0.717, 1.165) is 0 Å². The SMILES string of the molecule is NS(=O)(=O)c1cccc2n[se]nc12. The standard InChI is InChI=1S/C6H5N3O2SSe/c7-12(10,11)5-3-1-2-4-6(5)9-13-8-4/h1-3H,(H2,7,10,11). The van der Waals surface area contributed by atoms with Gasteiger partial charge in [-0.3, -0.25) is 0 Å². The molecule has 2 rings (SSSR count). The van der Waals surface area contributed by atoms with Gasteiger partial charge in [0.1, 0.15) is 0 Å². The van der Waals surface area contributed by atoms with Gasteiger partial charge in [-0.2, -0.15) is 0 Å². The molecule has 0 saturated heterocycles. The fourth-order valence-electron chi connectivity index (χ4n) is 1.01. The zero-order valence-corrected chi connectivity index (χ0v) is 8.87. The van der Waals surface area contributed by atoms with E-state index in [0.29, 0.717) is 11.0 Å². The van der Waals surface area contributed by atoms with Gasteiger partial charge in [0.2, 0.25) is 0 Å². The third-order valence-corrected chi connectivity index (χ3v) is 3.64. The summed E-state index contributed by atoms with van der Waals surface area (Å²) in [6.45, 7) is 0. The van der Waals surface area contributed by atoms with Crippen LogP contribution in [0.1, 0.15) is 0 Å². The molecule has 2 N–H and O–H groups in total. The zero-order valence-electron chi connectivity index (χ0n) is 6.34. The second-order valence-electron chi connectivity index (χ2n) is 2.43. The number of rotatable bonds is 1. The molecule has 0 radical (unpaired) electrons. The fourth-order valence-corrected chi connectivity index (χ4v) is 2.98. The van der Waals surface area contributed by atoms with Gasteiger partial charge in [-0.1, -0.05) is 0 Å². The molecule has 13 heavy (non-hydrogen) atoms. The molecule has 0 atom stereocenters. The molecule has 0 fully saturated rings. The van der Waals surface area contributed by atoms with Crippen LogP contribution in [0.5, 0.6) is 0 Å². The summed E-state index contributed by atoms with van der Waals surface area (Å²) in [6, 6.07) is 4.77. The number of fused-ring (bicyclic) bond motifs is 1. The van der Waals surface area contributed by atoms with Gasteiger partial charge >= 0.3 is 80.6 Å². The van der Waals surface area contributed by atoms with Crippen LogP contribution < -0.4 is 5.14 Å². The van der Waals surface area contributed by atoms with Gasteiger partial charge in [0.05, 0.1) is 0 Å². The van der Waals surface area contributed by atoms with Gasteiger partial charge in [-0.05, 0) is 0 Å². The number of sulfonamides is 1. The van der Waals surface area contributed by atoms with Crippen LogP contribution in [-0.4, -0.2) is 31.3 Å². The molecule has 0 saturated carbocycles. The first-order valence-corrected chi connectivity index (χ1v) is 6.41. The molecule has 5 nitrogen and oxygen atoms in total. The van der Waals surface area contributed by atoms with Crippen LogP contribution in [0.15, 0.2) is 23.1 Å². The molecule has 0 spiro atoms. The van der Waals surface area contributed by atoms with Crippen molar-refractivity contribution in [2.45, 2.75) is 4.90 Å². The number of nitrogens with zero attached hydrogens (tertiary/aromatic N) is 2. The van der Waals surface area contributed by atoms with Gasteiger partial charge in [-0.15, -0.1) is 0 Å². The summed E-state index contributed by atoms with van der Waals surface area (Å²) in [6.07, 6.45) is 0. The Hall–Kier alpha value is -0.751. The van der Waals surface area contributed by atoms with Crippen LogP contribution in [0.4, 0.5) is 0 Å². The molecule has 68 valence electrons. The summed E-state index contributed by atoms with van der Waals surface area (Å²) in [4.78, 5) is 0.0631. The van der Waals surface area contributed by atoms with E-state index in [2.05, 4.69) is 7.96 Å². The number of primary sulfonamides is 1. The molecule has 2 aromatic rings. The molecule has 0 aliphatic carbocycles. The van der Waals surface area contributed by atoms with E-state index in [9.17, 15) is 8.42 Å².